The summed E-state index contributed by atoms with van der Waals surface area (Å²) in [7, 11) is -2.38. The van der Waals surface area contributed by atoms with Crippen LogP contribution >= 0.6 is 20.2 Å². The van der Waals surface area contributed by atoms with Crippen molar-refractivity contribution in [2.75, 3.05) is 0 Å². The maximum atomic E-state index is 10.7. The molecule has 1 aliphatic rings. The van der Waals surface area contributed by atoms with Crippen molar-refractivity contribution in [1.82, 2.24) is 0 Å². The summed E-state index contributed by atoms with van der Waals surface area (Å²) in [6.45, 7) is 0. The van der Waals surface area contributed by atoms with E-state index >= 15 is 0 Å². The van der Waals surface area contributed by atoms with Crippen molar-refractivity contribution in [3.63, 3.8) is 0 Å². The topological polar surface area (TPSA) is 86.3 Å². The number of hydrogen-bond acceptors (Lipinski definition) is 5. The van der Waals surface area contributed by atoms with Crippen LogP contribution in [0.25, 0.3) is 0 Å². The zero-order valence-electron chi connectivity index (χ0n) is 6.65. The highest BCUT2D eigenvalue weighted by molar-refractivity contribution is 8.91. The number of rotatable bonds is 2. The van der Waals surface area contributed by atoms with Crippen LogP contribution in [0.3, 0.4) is 0 Å². The SMILES string of the molecule is O=[N+]([O-])S1([N+](=O)[O-])Sc2ccccc21. The first kappa shape index (κ1) is 9.28. The molecule has 74 valence electrons. The second-order valence-electron chi connectivity index (χ2n) is 2.47. The number of fused-ring (bicyclic) bond motifs is 1. The second-order valence-corrected chi connectivity index (χ2v) is 7.00. The van der Waals surface area contributed by atoms with Crippen molar-refractivity contribution in [2.45, 2.75) is 9.79 Å². The molecule has 0 amide bonds. The molecule has 2 rings (SSSR count). The number of nitro groups is 2. The Morgan fingerprint density at radius 2 is 1.71 bits per heavy atom. The number of nitrogens with zero attached hydrogens (tertiary/aromatic N) is 2. The maximum Gasteiger partial charge on any atom is 0.367 e. The summed E-state index contributed by atoms with van der Waals surface area (Å²) in [4.78, 5) is 22.3. The molecule has 0 aromatic heterocycles. The van der Waals surface area contributed by atoms with Gasteiger partial charge in [-0.05, 0) is 12.1 Å². The average Bonchev–Trinajstić information content (AvgIpc) is 2.06. The molecular weight excluding hydrogens is 228 g/mol. The lowest BCUT2D eigenvalue weighted by atomic mass is 10.4. The summed E-state index contributed by atoms with van der Waals surface area (Å²) in [6, 6.07) is 6.38. The standard InChI is InChI=1S/C6H4N2O4S2/c9-7(10)14(8(11)12)6-4-2-1-3-5(6)13-14/h1-4H. The fraction of sp³-hybridized carbons (Fsp3) is 0. The van der Waals surface area contributed by atoms with Gasteiger partial charge in [0.05, 0.1) is 15.7 Å². The summed E-state index contributed by atoms with van der Waals surface area (Å²) in [5.74, 6) is 0. The molecule has 0 fully saturated rings. The van der Waals surface area contributed by atoms with Gasteiger partial charge < -0.3 is 0 Å². The molecule has 0 saturated carbocycles. The second kappa shape index (κ2) is 2.85. The Balaban J connectivity index is 2.56. The first-order valence-electron chi connectivity index (χ1n) is 3.50. The van der Waals surface area contributed by atoms with Crippen LogP contribution in [0.15, 0.2) is 34.1 Å². The Bertz CT molecular complexity index is 422. The molecule has 1 heterocycles. The largest absolute Gasteiger partial charge is 0.367 e. The van der Waals surface area contributed by atoms with Crippen molar-refractivity contribution in [3.05, 3.63) is 44.5 Å². The first-order valence-corrected chi connectivity index (χ1v) is 6.38. The summed E-state index contributed by atoms with van der Waals surface area (Å²) in [5.41, 5.74) is 0. The first-order chi connectivity index (χ1) is 6.59. The summed E-state index contributed by atoms with van der Waals surface area (Å²) >= 11 is 0. The molecule has 6 nitrogen and oxygen atoms in total. The monoisotopic (exact) mass is 232 g/mol. The average molecular weight is 232 g/mol. The highest BCUT2D eigenvalue weighted by Gasteiger charge is 2.62. The molecule has 0 saturated heterocycles. The van der Waals surface area contributed by atoms with Crippen molar-refractivity contribution < 1.29 is 8.66 Å². The van der Waals surface area contributed by atoms with Gasteiger partial charge in [-0.15, -0.1) is 0 Å². The number of hydrogen-bond donors (Lipinski definition) is 0. The van der Waals surface area contributed by atoms with Gasteiger partial charge in [0.15, 0.2) is 8.66 Å². The predicted octanol–water partition coefficient (Wildman–Crippen LogP) is 2.25. The van der Waals surface area contributed by atoms with Crippen LogP contribution in [0.4, 0.5) is 0 Å². The van der Waals surface area contributed by atoms with Gasteiger partial charge in [-0.25, -0.2) is 20.2 Å². The van der Waals surface area contributed by atoms with Gasteiger partial charge in [0.2, 0.25) is 0 Å². The molecule has 14 heavy (non-hydrogen) atoms. The maximum absolute atomic E-state index is 10.7. The minimum Gasteiger partial charge on any atom is -0.247 e. The smallest absolute Gasteiger partial charge is 0.247 e. The van der Waals surface area contributed by atoms with Gasteiger partial charge in [-0.1, -0.05) is 12.1 Å². The molecule has 0 unspecified atom stereocenters. The van der Waals surface area contributed by atoms with Crippen molar-refractivity contribution in [3.8, 4) is 0 Å². The normalized spacial score (nSPS) is 18.9. The van der Waals surface area contributed by atoms with Gasteiger partial charge in [0.25, 0.3) is 0 Å². The van der Waals surface area contributed by atoms with E-state index in [0.717, 1.165) is 10.8 Å². The highest BCUT2D eigenvalue weighted by atomic mass is 33.2. The fourth-order valence-corrected chi connectivity index (χ4v) is 5.08. The Morgan fingerprint density at radius 3 is 2.21 bits per heavy atom. The lowest BCUT2D eigenvalue weighted by Crippen LogP contribution is -2.22. The molecule has 0 radical (unpaired) electrons. The third-order valence-corrected chi connectivity index (χ3v) is 6.88. The minimum absolute atomic E-state index is 0.250. The minimum atomic E-state index is -3.13. The van der Waals surface area contributed by atoms with E-state index in [-0.39, 0.29) is 4.90 Å². The quantitative estimate of drug-likeness (QED) is 0.443. The summed E-state index contributed by atoms with van der Waals surface area (Å²) in [6.07, 6.45) is 0. The van der Waals surface area contributed by atoms with Gasteiger partial charge in [0, 0.05) is 0 Å². The van der Waals surface area contributed by atoms with Gasteiger partial charge in [-0.2, -0.15) is 0 Å². The molecule has 0 N–H and O–H groups in total. The number of benzene rings is 1. The van der Waals surface area contributed by atoms with Gasteiger partial charge in [-0.3, -0.25) is 0 Å². The van der Waals surface area contributed by atoms with Crippen LogP contribution in [0, 0.1) is 20.2 Å². The van der Waals surface area contributed by atoms with Crippen molar-refractivity contribution in [2.24, 2.45) is 0 Å². The van der Waals surface area contributed by atoms with Crippen LogP contribution in [-0.2, 0) is 0 Å². The summed E-state index contributed by atoms with van der Waals surface area (Å²) < 4.78 is -1.56. The fourth-order valence-electron chi connectivity index (χ4n) is 1.15. The molecule has 0 spiro atoms. The van der Waals surface area contributed by atoms with Crippen molar-refractivity contribution >= 4 is 20.2 Å². The van der Waals surface area contributed by atoms with E-state index in [1.54, 1.807) is 18.2 Å². The van der Waals surface area contributed by atoms with E-state index in [2.05, 4.69) is 0 Å². The van der Waals surface area contributed by atoms with E-state index in [4.69, 9.17) is 0 Å². The summed E-state index contributed by atoms with van der Waals surface area (Å²) in [5, 5.41) is 21.4. The molecular formula is C6H4N2O4S2. The third-order valence-electron chi connectivity index (χ3n) is 1.75. The molecule has 0 bridgehead atoms. The van der Waals surface area contributed by atoms with Gasteiger partial charge in [0.1, 0.15) is 4.90 Å². The highest BCUT2D eigenvalue weighted by Crippen LogP contribution is 2.78. The lowest BCUT2D eigenvalue weighted by molar-refractivity contribution is -0.405. The lowest BCUT2D eigenvalue weighted by Gasteiger charge is -2.28. The van der Waals surface area contributed by atoms with Crippen LogP contribution in [-0.4, -0.2) is 8.66 Å². The molecule has 1 aromatic carbocycles. The van der Waals surface area contributed by atoms with E-state index in [9.17, 15) is 20.2 Å². The van der Waals surface area contributed by atoms with Crippen LogP contribution in [0.1, 0.15) is 0 Å². The Labute approximate surface area is 83.6 Å². The van der Waals surface area contributed by atoms with Crippen LogP contribution in [0.2, 0.25) is 0 Å². The van der Waals surface area contributed by atoms with E-state index < -0.39 is 18.1 Å². The zero-order valence-corrected chi connectivity index (χ0v) is 8.29. The van der Waals surface area contributed by atoms with Crippen molar-refractivity contribution in [1.29, 1.82) is 0 Å². The molecule has 0 atom stereocenters. The molecule has 1 aliphatic heterocycles. The molecule has 8 heteroatoms. The Morgan fingerprint density at radius 1 is 1.14 bits per heavy atom. The third kappa shape index (κ3) is 0.946. The molecule has 0 aliphatic carbocycles. The zero-order chi connectivity index (χ0) is 10.3. The Hall–Kier alpha value is -1.28. The van der Waals surface area contributed by atoms with Crippen LogP contribution in [0.5, 0.6) is 0 Å². The molecule has 1 aromatic rings. The van der Waals surface area contributed by atoms with Crippen LogP contribution < -0.4 is 0 Å². The van der Waals surface area contributed by atoms with Gasteiger partial charge >= 0.3 is 9.43 Å². The Kier molecular flexibility index (Phi) is 1.89. The van der Waals surface area contributed by atoms with E-state index in [1.165, 1.54) is 6.07 Å². The predicted molar refractivity (Wildman–Crippen MR) is 52.1 cm³/mol. The van der Waals surface area contributed by atoms with E-state index in [1.807, 2.05) is 0 Å². The van der Waals surface area contributed by atoms with E-state index in [0.29, 0.717) is 4.90 Å².